The van der Waals surface area contributed by atoms with Crippen molar-refractivity contribution in [1.29, 1.82) is 0 Å². The van der Waals surface area contributed by atoms with Gasteiger partial charge in [0.25, 0.3) is 5.56 Å². The van der Waals surface area contributed by atoms with Gasteiger partial charge in [0.05, 0.1) is 11.3 Å². The normalized spacial score (nSPS) is 18.2. The number of fused-ring (bicyclic) bond motifs is 1. The summed E-state index contributed by atoms with van der Waals surface area (Å²) >= 11 is 0. The lowest BCUT2D eigenvalue weighted by Crippen LogP contribution is -2.36. The van der Waals surface area contributed by atoms with Gasteiger partial charge in [0, 0.05) is 32.0 Å². The van der Waals surface area contributed by atoms with Gasteiger partial charge in [-0.05, 0) is 30.5 Å². The number of aromatic nitrogens is 2. The molecule has 0 saturated heterocycles. The molecule has 0 bridgehead atoms. The van der Waals surface area contributed by atoms with Crippen LogP contribution in [0.3, 0.4) is 0 Å². The van der Waals surface area contributed by atoms with Crippen LogP contribution < -0.4 is 10.3 Å². The Morgan fingerprint density at radius 3 is 2.64 bits per heavy atom. The Bertz CT molecular complexity index is 861. The highest BCUT2D eigenvalue weighted by Gasteiger charge is 2.24. The van der Waals surface area contributed by atoms with E-state index in [1.165, 1.54) is 19.3 Å². The summed E-state index contributed by atoms with van der Waals surface area (Å²) in [6.45, 7) is -0.791. The molecule has 0 atom stereocenters. The van der Waals surface area contributed by atoms with Crippen LogP contribution in [0.2, 0.25) is 0 Å². The van der Waals surface area contributed by atoms with Crippen LogP contribution >= 0.6 is 0 Å². The van der Waals surface area contributed by atoms with Gasteiger partial charge in [0.1, 0.15) is 11.6 Å². The molecule has 0 radical (unpaired) electrons. The molecule has 0 unspecified atom stereocenters. The molecule has 1 aliphatic carbocycles. The fraction of sp³-hybridized carbons (Fsp3) is 0.524. The zero-order valence-corrected chi connectivity index (χ0v) is 15.8. The van der Waals surface area contributed by atoms with Gasteiger partial charge in [-0.25, -0.2) is 4.98 Å². The number of nitrogens with one attached hydrogen (secondary N) is 1. The Labute approximate surface area is 162 Å². The van der Waals surface area contributed by atoms with E-state index >= 15 is 0 Å². The van der Waals surface area contributed by atoms with Gasteiger partial charge >= 0.3 is 6.61 Å². The van der Waals surface area contributed by atoms with Crippen LogP contribution in [0.4, 0.5) is 8.78 Å². The lowest BCUT2D eigenvalue weighted by molar-refractivity contribution is -0.0498. The molecule has 1 N–H and O–H groups in total. The molecule has 7 heteroatoms. The maximum Gasteiger partial charge on any atom is 0.387 e. The summed E-state index contributed by atoms with van der Waals surface area (Å²) in [5.74, 6) is 1.41. The minimum atomic E-state index is -2.82. The fourth-order valence-electron chi connectivity index (χ4n) is 4.24. The lowest BCUT2D eigenvalue weighted by atomic mass is 9.88. The molecule has 2 aliphatic rings. The monoisotopic (exact) mass is 389 g/mol. The van der Waals surface area contributed by atoms with Crippen LogP contribution in [0.15, 0.2) is 29.1 Å². The van der Waals surface area contributed by atoms with E-state index in [4.69, 9.17) is 4.98 Å². The second-order valence-corrected chi connectivity index (χ2v) is 7.69. The molecule has 1 aliphatic heterocycles. The largest absolute Gasteiger partial charge is 0.435 e. The summed E-state index contributed by atoms with van der Waals surface area (Å²) in [4.78, 5) is 22.7. The van der Waals surface area contributed by atoms with E-state index < -0.39 is 6.61 Å². The summed E-state index contributed by atoms with van der Waals surface area (Å²) in [6.07, 6.45) is 6.67. The fourth-order valence-corrected chi connectivity index (χ4v) is 4.24. The molecule has 0 amide bonds. The van der Waals surface area contributed by atoms with Crippen LogP contribution in [0.5, 0.6) is 5.75 Å². The number of halogens is 2. The van der Waals surface area contributed by atoms with Crippen molar-refractivity contribution in [2.24, 2.45) is 0 Å². The molecule has 1 aromatic carbocycles. The van der Waals surface area contributed by atoms with Gasteiger partial charge in [-0.2, -0.15) is 8.78 Å². The number of H-pyrrole nitrogens is 1. The molecule has 28 heavy (non-hydrogen) atoms. The molecule has 2 aromatic rings. The van der Waals surface area contributed by atoms with Gasteiger partial charge in [0.2, 0.25) is 0 Å². The smallest absolute Gasteiger partial charge is 0.387 e. The average Bonchev–Trinajstić information content (AvgIpc) is 2.70. The Morgan fingerprint density at radius 1 is 1.18 bits per heavy atom. The van der Waals surface area contributed by atoms with Gasteiger partial charge in [-0.1, -0.05) is 31.4 Å². The van der Waals surface area contributed by atoms with Gasteiger partial charge in [0.15, 0.2) is 0 Å². The molecule has 0 spiro atoms. The quantitative estimate of drug-likeness (QED) is 0.841. The van der Waals surface area contributed by atoms with Crippen molar-refractivity contribution in [2.45, 2.75) is 64.1 Å². The highest BCUT2D eigenvalue weighted by molar-refractivity contribution is 5.28. The standard InChI is InChI=1S/C21H25F2N3O2/c22-21(23)28-16-8-6-14(7-9-16)12-26-11-10-18-17(13-26)20(27)25-19(24-18)15-4-2-1-3-5-15/h6-9,15,21H,1-5,10-13H2,(H,24,25,27). The van der Waals surface area contributed by atoms with Crippen molar-refractivity contribution in [1.82, 2.24) is 14.9 Å². The Balaban J connectivity index is 1.44. The van der Waals surface area contributed by atoms with Crippen LogP contribution in [-0.4, -0.2) is 28.0 Å². The van der Waals surface area contributed by atoms with Crippen molar-refractivity contribution >= 4 is 0 Å². The van der Waals surface area contributed by atoms with Gasteiger partial charge < -0.3 is 9.72 Å². The van der Waals surface area contributed by atoms with Gasteiger partial charge in [-0.3, -0.25) is 9.69 Å². The molecule has 4 rings (SSSR count). The molecular formula is C21H25F2N3O2. The molecule has 1 fully saturated rings. The summed E-state index contributed by atoms with van der Waals surface area (Å²) in [6, 6.07) is 6.65. The number of nitrogens with zero attached hydrogens (tertiary/aromatic N) is 2. The minimum Gasteiger partial charge on any atom is -0.435 e. The highest BCUT2D eigenvalue weighted by atomic mass is 19.3. The number of ether oxygens (including phenoxy) is 1. The summed E-state index contributed by atoms with van der Waals surface area (Å²) in [7, 11) is 0. The van der Waals surface area contributed by atoms with Crippen LogP contribution in [0.1, 0.15) is 60.7 Å². The number of hydrogen-bond donors (Lipinski definition) is 1. The van der Waals surface area contributed by atoms with Crippen molar-refractivity contribution in [3.8, 4) is 5.75 Å². The van der Waals surface area contributed by atoms with Crippen LogP contribution in [0, 0.1) is 0 Å². The van der Waals surface area contributed by atoms with E-state index in [9.17, 15) is 13.6 Å². The number of hydrogen-bond acceptors (Lipinski definition) is 4. The number of rotatable bonds is 5. The molecule has 1 saturated carbocycles. The zero-order chi connectivity index (χ0) is 19.5. The van der Waals surface area contributed by atoms with Crippen molar-refractivity contribution in [2.75, 3.05) is 6.54 Å². The summed E-state index contributed by atoms with van der Waals surface area (Å²) in [5.41, 5.74) is 2.66. The van der Waals surface area contributed by atoms with E-state index in [1.807, 2.05) is 0 Å². The van der Waals surface area contributed by atoms with Crippen LogP contribution in [-0.2, 0) is 19.5 Å². The van der Waals surface area contributed by atoms with Crippen molar-refractivity contribution in [3.63, 3.8) is 0 Å². The lowest BCUT2D eigenvalue weighted by Gasteiger charge is -2.29. The second kappa shape index (κ2) is 8.39. The van der Waals surface area contributed by atoms with E-state index in [1.54, 1.807) is 24.3 Å². The first kappa shape index (κ1) is 19.1. The molecule has 2 heterocycles. The molecule has 5 nitrogen and oxygen atoms in total. The summed E-state index contributed by atoms with van der Waals surface area (Å²) < 4.78 is 28.9. The van der Waals surface area contributed by atoms with E-state index in [-0.39, 0.29) is 11.3 Å². The topological polar surface area (TPSA) is 58.2 Å². The third-order valence-corrected chi connectivity index (χ3v) is 5.71. The Kier molecular flexibility index (Phi) is 5.71. The van der Waals surface area contributed by atoms with Crippen LogP contribution in [0.25, 0.3) is 0 Å². The second-order valence-electron chi connectivity index (χ2n) is 7.69. The number of alkyl halides is 2. The Morgan fingerprint density at radius 2 is 1.93 bits per heavy atom. The number of aromatic amines is 1. The molecule has 1 aromatic heterocycles. The third kappa shape index (κ3) is 4.41. The highest BCUT2D eigenvalue weighted by Crippen LogP contribution is 2.31. The first-order chi connectivity index (χ1) is 13.6. The Hall–Kier alpha value is -2.28. The third-order valence-electron chi connectivity index (χ3n) is 5.71. The number of benzene rings is 1. The van der Waals surface area contributed by atoms with E-state index in [2.05, 4.69) is 14.6 Å². The van der Waals surface area contributed by atoms with Crippen molar-refractivity contribution in [3.05, 3.63) is 57.3 Å². The molecule has 150 valence electrons. The predicted octanol–water partition coefficient (Wildman–Crippen LogP) is 3.98. The zero-order valence-electron chi connectivity index (χ0n) is 15.8. The first-order valence-electron chi connectivity index (χ1n) is 9.96. The average molecular weight is 389 g/mol. The summed E-state index contributed by atoms with van der Waals surface area (Å²) in [5, 5.41) is 0. The van der Waals surface area contributed by atoms with Gasteiger partial charge in [-0.15, -0.1) is 0 Å². The van der Waals surface area contributed by atoms with E-state index in [0.717, 1.165) is 48.5 Å². The van der Waals surface area contributed by atoms with E-state index in [0.29, 0.717) is 19.0 Å². The molecular weight excluding hydrogens is 364 g/mol. The maximum atomic E-state index is 12.7. The predicted molar refractivity (Wildman–Crippen MR) is 102 cm³/mol. The van der Waals surface area contributed by atoms with Crippen molar-refractivity contribution < 1.29 is 13.5 Å². The maximum absolute atomic E-state index is 12.7. The first-order valence-corrected chi connectivity index (χ1v) is 9.96. The SMILES string of the molecule is O=c1[nH]c(C2CCCCC2)nc2c1CN(Cc1ccc(OC(F)F)cc1)CC2. The minimum absolute atomic E-state index is 0.0176.